The van der Waals surface area contributed by atoms with Crippen LogP contribution in [0.25, 0.3) is 0 Å². The molecule has 0 unspecified atom stereocenters. The van der Waals surface area contributed by atoms with Crippen molar-refractivity contribution < 1.29 is 110 Å². The molecule has 82 valence electrons. The third-order valence-electron chi connectivity index (χ3n) is 2.43. The van der Waals surface area contributed by atoms with Crippen molar-refractivity contribution in [2.45, 2.75) is 71.1 Å². The van der Waals surface area contributed by atoms with E-state index in [-0.39, 0.29) is 106 Å². The van der Waals surface area contributed by atoms with E-state index in [1.54, 1.807) is 0 Å². The van der Waals surface area contributed by atoms with Crippen molar-refractivity contribution >= 4 is 6.29 Å². The Morgan fingerprint density at radius 2 is 1.20 bits per heavy atom. The van der Waals surface area contributed by atoms with Crippen molar-refractivity contribution in [1.29, 1.82) is 0 Å². The van der Waals surface area contributed by atoms with Gasteiger partial charge in [0.15, 0.2) is 0 Å². The van der Waals surface area contributed by atoms with Crippen LogP contribution < -0.4 is 103 Å². The molecule has 0 atom stereocenters. The Hall–Kier alpha value is 2.94. The van der Waals surface area contributed by atoms with Gasteiger partial charge in [-0.3, -0.25) is 0 Å². The topological polar surface area (TPSA) is 17.1 Å². The third kappa shape index (κ3) is 22.6. The minimum absolute atomic E-state index is 0. The molecule has 0 aliphatic heterocycles. The molecule has 0 spiro atoms. The van der Waals surface area contributed by atoms with Crippen LogP contribution in [0.1, 0.15) is 74.0 Å². The first-order chi connectivity index (χ1) is 6.41. The van der Waals surface area contributed by atoms with Crippen molar-refractivity contribution in [2.24, 2.45) is 0 Å². The number of carbonyl (C=O) groups is 1. The number of hydrogen-bond acceptors (Lipinski definition) is 1. The van der Waals surface area contributed by atoms with E-state index in [2.05, 4.69) is 6.92 Å². The second kappa shape index (κ2) is 22.2. The monoisotopic (exact) mass is 264 g/mol. The molecule has 0 aliphatic carbocycles. The molecule has 0 saturated heterocycles. The van der Waals surface area contributed by atoms with Gasteiger partial charge >= 0.3 is 103 Å². The van der Waals surface area contributed by atoms with Gasteiger partial charge in [-0.2, -0.15) is 0 Å². The van der Waals surface area contributed by atoms with Gasteiger partial charge in [0.25, 0.3) is 0 Å². The predicted molar refractivity (Wildman–Crippen MR) is 60.1 cm³/mol. The number of aldehydes is 1. The summed E-state index contributed by atoms with van der Waals surface area (Å²) in [5, 5.41) is 0. The van der Waals surface area contributed by atoms with Crippen molar-refractivity contribution in [2.75, 3.05) is 0 Å². The zero-order valence-corrected chi connectivity index (χ0v) is 17.3. The second-order valence-corrected chi connectivity index (χ2v) is 3.78. The van der Waals surface area contributed by atoms with Gasteiger partial charge in [0.2, 0.25) is 0 Å². The van der Waals surface area contributed by atoms with Crippen molar-refractivity contribution in [3.63, 3.8) is 0 Å². The molecule has 0 aliphatic rings. The zero-order chi connectivity index (χ0) is 9.78. The Balaban J connectivity index is -0.000000120. The summed E-state index contributed by atoms with van der Waals surface area (Å²) in [5.41, 5.74) is 0. The summed E-state index contributed by atoms with van der Waals surface area (Å²) < 4.78 is 0. The molecule has 0 amide bonds. The smallest absolute Gasteiger partial charge is 1.00 e. The number of unbranched alkanes of at least 4 members (excludes halogenated alkanes) is 9. The first kappa shape index (κ1) is 23.1. The number of rotatable bonds is 10. The van der Waals surface area contributed by atoms with Crippen LogP contribution in [0.3, 0.4) is 0 Å². The fourth-order valence-electron chi connectivity index (χ4n) is 1.54. The van der Waals surface area contributed by atoms with E-state index < -0.39 is 0 Å². The van der Waals surface area contributed by atoms with Crippen LogP contribution in [0.15, 0.2) is 0 Å². The van der Waals surface area contributed by atoms with Crippen LogP contribution >= 0.6 is 0 Å². The summed E-state index contributed by atoms with van der Waals surface area (Å²) in [6.07, 6.45) is 13.7. The average molecular weight is 265 g/mol. The Kier molecular flexibility index (Phi) is 34.1. The van der Waals surface area contributed by atoms with Gasteiger partial charge < -0.3 is 7.65 Å². The molecular formula is C12H26K2O. The van der Waals surface area contributed by atoms with Crippen molar-refractivity contribution in [1.82, 2.24) is 0 Å². The van der Waals surface area contributed by atoms with E-state index in [0.29, 0.717) is 0 Å². The minimum atomic E-state index is 0. The van der Waals surface area contributed by atoms with Gasteiger partial charge in [-0.25, -0.2) is 0 Å². The fourth-order valence-corrected chi connectivity index (χ4v) is 1.54. The van der Waals surface area contributed by atoms with Crippen molar-refractivity contribution in [3.05, 3.63) is 0 Å². The van der Waals surface area contributed by atoms with E-state index in [4.69, 9.17) is 0 Å². The Bertz CT molecular complexity index is 117. The molecule has 3 heteroatoms. The van der Waals surface area contributed by atoms with Crippen LogP contribution in [0.4, 0.5) is 0 Å². The summed E-state index contributed by atoms with van der Waals surface area (Å²) in [4.78, 5) is 10.0. The third-order valence-corrected chi connectivity index (χ3v) is 2.43. The molecule has 0 aromatic rings. The van der Waals surface area contributed by atoms with Crippen molar-refractivity contribution in [3.8, 4) is 0 Å². The average Bonchev–Trinajstić information content (AvgIpc) is 2.16. The van der Waals surface area contributed by atoms with Gasteiger partial charge in [0.05, 0.1) is 0 Å². The molecule has 1 nitrogen and oxygen atoms in total. The van der Waals surface area contributed by atoms with Gasteiger partial charge in [-0.05, 0) is 6.42 Å². The molecule has 0 heterocycles. The predicted octanol–water partition coefficient (Wildman–Crippen LogP) is -1.66. The molecule has 0 fully saturated rings. The molecule has 0 aromatic carbocycles. The van der Waals surface area contributed by atoms with E-state index in [1.807, 2.05) is 0 Å². The summed E-state index contributed by atoms with van der Waals surface area (Å²) in [6, 6.07) is 0. The SMILES string of the molecule is CCCCCCCCCCCC=O.[H-].[H-].[K+].[K+]. The van der Waals surface area contributed by atoms with Crippen LogP contribution in [-0.4, -0.2) is 6.29 Å². The maximum atomic E-state index is 10.0. The Morgan fingerprint density at radius 1 is 0.800 bits per heavy atom. The summed E-state index contributed by atoms with van der Waals surface area (Å²) in [7, 11) is 0. The molecule has 0 radical (unpaired) electrons. The molecular weight excluding hydrogens is 238 g/mol. The van der Waals surface area contributed by atoms with E-state index in [9.17, 15) is 4.79 Å². The first-order valence-corrected chi connectivity index (χ1v) is 5.85. The van der Waals surface area contributed by atoms with Gasteiger partial charge in [0, 0.05) is 6.42 Å². The van der Waals surface area contributed by atoms with E-state index in [0.717, 1.165) is 19.1 Å². The molecule has 0 rings (SSSR count). The molecule has 0 bridgehead atoms. The fraction of sp³-hybridized carbons (Fsp3) is 0.917. The Labute approximate surface area is 184 Å². The van der Waals surface area contributed by atoms with Gasteiger partial charge in [-0.1, -0.05) is 58.3 Å². The number of hydrogen-bond donors (Lipinski definition) is 0. The molecule has 0 aromatic heterocycles. The standard InChI is InChI=1S/C12H24O.2K.2H/c1-2-3-4-5-6-7-8-9-10-11-12-13;;;;/h12H,2-11H2,1H3;;;;/q;2*+1;2*-1. The van der Waals surface area contributed by atoms with E-state index in [1.165, 1.54) is 51.4 Å². The second-order valence-electron chi connectivity index (χ2n) is 3.78. The molecule has 0 N–H and O–H groups in total. The largest absolute Gasteiger partial charge is 1.00 e. The minimum Gasteiger partial charge on any atom is -1.00 e. The Morgan fingerprint density at radius 3 is 1.60 bits per heavy atom. The van der Waals surface area contributed by atoms with Crippen LogP contribution in [0.2, 0.25) is 0 Å². The van der Waals surface area contributed by atoms with Gasteiger partial charge in [0.1, 0.15) is 6.29 Å². The molecule has 0 saturated carbocycles. The van der Waals surface area contributed by atoms with Crippen LogP contribution in [0.5, 0.6) is 0 Å². The molecule has 15 heavy (non-hydrogen) atoms. The van der Waals surface area contributed by atoms with Gasteiger partial charge in [-0.15, -0.1) is 0 Å². The van der Waals surface area contributed by atoms with Crippen LogP contribution in [-0.2, 0) is 4.79 Å². The summed E-state index contributed by atoms with van der Waals surface area (Å²) in [5.74, 6) is 0. The quantitative estimate of drug-likeness (QED) is 0.262. The van der Waals surface area contributed by atoms with Crippen LogP contribution in [0, 0.1) is 0 Å². The maximum absolute atomic E-state index is 10.0. The number of carbonyl (C=O) groups excluding carboxylic acids is 1. The first-order valence-electron chi connectivity index (χ1n) is 5.85. The summed E-state index contributed by atoms with van der Waals surface area (Å²) >= 11 is 0. The van der Waals surface area contributed by atoms with E-state index >= 15 is 0 Å². The zero-order valence-electron chi connectivity index (χ0n) is 13.1. The summed E-state index contributed by atoms with van der Waals surface area (Å²) in [6.45, 7) is 2.25. The normalized spacial score (nSPS) is 8.87. The maximum Gasteiger partial charge on any atom is 1.00 e.